The summed E-state index contributed by atoms with van der Waals surface area (Å²) in [6, 6.07) is 6.74. The Hall–Kier alpha value is -1.37. The summed E-state index contributed by atoms with van der Waals surface area (Å²) in [7, 11) is -3.51. The molecule has 2 N–H and O–H groups in total. The van der Waals surface area contributed by atoms with E-state index in [9.17, 15) is 8.42 Å². The number of nitrogens with one attached hydrogen (secondary N) is 2. The fraction of sp³-hybridized carbons (Fsp3) is 0.308. The number of benzene rings is 1. The molecule has 0 aliphatic heterocycles. The fourth-order valence-electron chi connectivity index (χ4n) is 1.75. The Labute approximate surface area is 123 Å². The molecule has 0 aliphatic rings. The highest BCUT2D eigenvalue weighted by atomic mass is 35.5. The van der Waals surface area contributed by atoms with Crippen LogP contribution in [0.15, 0.2) is 35.4 Å². The Kier molecular flexibility index (Phi) is 4.80. The molecular formula is C13H16ClN3O2S. The zero-order valence-corrected chi connectivity index (χ0v) is 12.6. The van der Waals surface area contributed by atoms with E-state index in [2.05, 4.69) is 14.9 Å². The Morgan fingerprint density at radius 3 is 2.55 bits per heavy atom. The number of nitrogens with zero attached hydrogens (tertiary/aromatic N) is 1. The number of halogens is 1. The Bertz CT molecular complexity index is 665. The van der Waals surface area contributed by atoms with Crippen LogP contribution in [0.5, 0.6) is 0 Å². The van der Waals surface area contributed by atoms with Gasteiger partial charge < -0.3 is 0 Å². The van der Waals surface area contributed by atoms with E-state index in [1.807, 2.05) is 6.92 Å². The number of H-pyrrole nitrogens is 1. The summed E-state index contributed by atoms with van der Waals surface area (Å²) >= 11 is 5.65. The Morgan fingerprint density at radius 2 is 2.00 bits per heavy atom. The van der Waals surface area contributed by atoms with Crippen molar-refractivity contribution in [1.82, 2.24) is 14.9 Å². The first kappa shape index (κ1) is 15.0. The smallest absolute Gasteiger partial charge is 0.240 e. The van der Waals surface area contributed by atoms with Gasteiger partial charge in [-0.15, -0.1) is 11.6 Å². The summed E-state index contributed by atoms with van der Waals surface area (Å²) in [4.78, 5) is 0.247. The number of aromatic amines is 1. The van der Waals surface area contributed by atoms with Gasteiger partial charge in [0.05, 0.1) is 11.1 Å². The first-order valence-electron chi connectivity index (χ1n) is 6.16. The van der Waals surface area contributed by atoms with Crippen molar-refractivity contribution in [1.29, 1.82) is 0 Å². The van der Waals surface area contributed by atoms with Gasteiger partial charge >= 0.3 is 0 Å². The van der Waals surface area contributed by atoms with Crippen molar-refractivity contribution in [2.24, 2.45) is 0 Å². The molecule has 108 valence electrons. The molecular weight excluding hydrogens is 298 g/mol. The van der Waals surface area contributed by atoms with Crippen LogP contribution in [0.2, 0.25) is 0 Å². The van der Waals surface area contributed by atoms with Crippen molar-refractivity contribution in [3.63, 3.8) is 0 Å². The van der Waals surface area contributed by atoms with E-state index in [0.717, 1.165) is 23.2 Å². The van der Waals surface area contributed by atoms with Gasteiger partial charge in [-0.25, -0.2) is 13.1 Å². The van der Waals surface area contributed by atoms with Gasteiger partial charge in [-0.1, -0.05) is 12.1 Å². The van der Waals surface area contributed by atoms with Crippen LogP contribution in [0.1, 0.15) is 16.8 Å². The first-order chi connectivity index (χ1) is 9.53. The van der Waals surface area contributed by atoms with Crippen LogP contribution in [-0.2, 0) is 23.0 Å². The quantitative estimate of drug-likeness (QED) is 0.801. The predicted molar refractivity (Wildman–Crippen MR) is 78.2 cm³/mol. The molecule has 0 aliphatic carbocycles. The number of rotatable bonds is 6. The zero-order chi connectivity index (χ0) is 14.6. The molecule has 0 spiro atoms. The zero-order valence-electron chi connectivity index (χ0n) is 11.1. The maximum atomic E-state index is 12.1. The Morgan fingerprint density at radius 1 is 1.30 bits per heavy atom. The lowest BCUT2D eigenvalue weighted by Gasteiger charge is -2.07. The number of alkyl halides is 1. The van der Waals surface area contributed by atoms with Gasteiger partial charge in [0.15, 0.2) is 0 Å². The molecule has 0 atom stereocenters. The Balaban J connectivity index is 2.08. The molecule has 1 heterocycles. The van der Waals surface area contributed by atoms with Crippen LogP contribution in [0.25, 0.3) is 0 Å². The summed E-state index contributed by atoms with van der Waals surface area (Å²) < 4.78 is 26.8. The van der Waals surface area contributed by atoms with E-state index in [-0.39, 0.29) is 11.4 Å². The third-order valence-electron chi connectivity index (χ3n) is 3.00. The molecule has 0 fully saturated rings. The lowest BCUT2D eigenvalue weighted by molar-refractivity contribution is 0.581. The molecule has 7 heteroatoms. The average Bonchev–Trinajstić information content (AvgIpc) is 2.83. The number of sulfonamides is 1. The van der Waals surface area contributed by atoms with Gasteiger partial charge in [0.2, 0.25) is 10.0 Å². The highest BCUT2D eigenvalue weighted by Gasteiger charge is 2.14. The van der Waals surface area contributed by atoms with E-state index in [1.165, 1.54) is 0 Å². The van der Waals surface area contributed by atoms with Gasteiger partial charge in [0.25, 0.3) is 0 Å². The molecule has 5 nitrogen and oxygen atoms in total. The molecule has 2 aromatic rings. The molecule has 20 heavy (non-hydrogen) atoms. The maximum Gasteiger partial charge on any atom is 0.240 e. The van der Waals surface area contributed by atoms with Crippen LogP contribution in [-0.4, -0.2) is 24.5 Å². The standard InChI is InChI=1S/C13H16ClN3O2S/c1-10-12(8-15-17-10)9-16-20(18,19)13-4-2-11(3-5-13)6-7-14/h2-5,8,16H,6-7,9H2,1H3,(H,15,17). The summed E-state index contributed by atoms with van der Waals surface area (Å²) in [5, 5.41) is 6.62. The van der Waals surface area contributed by atoms with Crippen molar-refractivity contribution in [3.8, 4) is 0 Å². The van der Waals surface area contributed by atoms with Crippen molar-refractivity contribution >= 4 is 21.6 Å². The van der Waals surface area contributed by atoms with E-state index < -0.39 is 10.0 Å². The lowest BCUT2D eigenvalue weighted by Crippen LogP contribution is -2.23. The van der Waals surface area contributed by atoms with Gasteiger partial charge in [0, 0.05) is 23.7 Å². The molecule has 0 amide bonds. The minimum absolute atomic E-state index is 0.216. The highest BCUT2D eigenvalue weighted by Crippen LogP contribution is 2.12. The topological polar surface area (TPSA) is 74.8 Å². The summed E-state index contributed by atoms with van der Waals surface area (Å²) in [6.45, 7) is 2.06. The van der Waals surface area contributed by atoms with Crippen molar-refractivity contribution < 1.29 is 8.42 Å². The number of hydrogen-bond donors (Lipinski definition) is 2. The van der Waals surface area contributed by atoms with Crippen LogP contribution in [0, 0.1) is 6.92 Å². The van der Waals surface area contributed by atoms with Crippen LogP contribution in [0.4, 0.5) is 0 Å². The van der Waals surface area contributed by atoms with Crippen LogP contribution in [0.3, 0.4) is 0 Å². The average molecular weight is 314 g/mol. The van der Waals surface area contributed by atoms with Crippen molar-refractivity contribution in [3.05, 3.63) is 47.3 Å². The number of aryl methyl sites for hydroxylation is 2. The second-order valence-corrected chi connectivity index (χ2v) is 6.57. The normalized spacial score (nSPS) is 11.7. The van der Waals surface area contributed by atoms with Gasteiger partial charge in [-0.3, -0.25) is 5.10 Å². The molecule has 0 radical (unpaired) electrons. The van der Waals surface area contributed by atoms with Crippen molar-refractivity contribution in [2.45, 2.75) is 24.8 Å². The van der Waals surface area contributed by atoms with Crippen LogP contribution >= 0.6 is 11.6 Å². The first-order valence-corrected chi connectivity index (χ1v) is 8.18. The minimum Gasteiger partial charge on any atom is -0.283 e. The van der Waals surface area contributed by atoms with E-state index in [4.69, 9.17) is 11.6 Å². The molecule has 2 rings (SSSR count). The monoisotopic (exact) mass is 313 g/mol. The SMILES string of the molecule is Cc1[nH]ncc1CNS(=O)(=O)c1ccc(CCCl)cc1. The second kappa shape index (κ2) is 6.39. The molecule has 0 saturated carbocycles. The van der Waals surface area contributed by atoms with Gasteiger partial charge in [0.1, 0.15) is 0 Å². The third kappa shape index (κ3) is 3.59. The number of hydrogen-bond acceptors (Lipinski definition) is 3. The maximum absolute atomic E-state index is 12.1. The fourth-order valence-corrected chi connectivity index (χ4v) is 2.98. The summed E-state index contributed by atoms with van der Waals surface area (Å²) in [6.07, 6.45) is 2.34. The highest BCUT2D eigenvalue weighted by molar-refractivity contribution is 7.89. The lowest BCUT2D eigenvalue weighted by atomic mass is 10.2. The third-order valence-corrected chi connectivity index (χ3v) is 4.61. The van der Waals surface area contributed by atoms with Gasteiger partial charge in [-0.2, -0.15) is 5.10 Å². The molecule has 1 aromatic carbocycles. The second-order valence-electron chi connectivity index (χ2n) is 4.43. The van der Waals surface area contributed by atoms with E-state index >= 15 is 0 Å². The minimum atomic E-state index is -3.51. The van der Waals surface area contributed by atoms with E-state index in [0.29, 0.717) is 5.88 Å². The molecule has 1 aromatic heterocycles. The predicted octanol–water partition coefficient (Wildman–Crippen LogP) is 1.98. The van der Waals surface area contributed by atoms with Gasteiger partial charge in [-0.05, 0) is 31.0 Å². The molecule has 0 bridgehead atoms. The summed E-state index contributed by atoms with van der Waals surface area (Å²) in [5.41, 5.74) is 2.70. The number of aromatic nitrogens is 2. The summed E-state index contributed by atoms with van der Waals surface area (Å²) in [5.74, 6) is 0.518. The van der Waals surface area contributed by atoms with Crippen LogP contribution < -0.4 is 4.72 Å². The molecule has 0 unspecified atom stereocenters. The van der Waals surface area contributed by atoms with E-state index in [1.54, 1.807) is 30.5 Å². The molecule has 0 saturated heterocycles. The van der Waals surface area contributed by atoms with Crippen molar-refractivity contribution in [2.75, 3.05) is 5.88 Å². The largest absolute Gasteiger partial charge is 0.283 e.